The highest BCUT2D eigenvalue weighted by Gasteiger charge is 2.54. The molecule has 4 amide bonds. The second-order valence-corrected chi connectivity index (χ2v) is 15.0. The van der Waals surface area contributed by atoms with Crippen LogP contribution in [0.25, 0.3) is 0 Å². The van der Waals surface area contributed by atoms with E-state index in [1.165, 1.54) is 18.3 Å². The van der Waals surface area contributed by atoms with E-state index in [-0.39, 0.29) is 17.9 Å². The SMILES string of the molecule is CC(=O)Nc1nc(CCc2ccc(NC(NC(=O)O)(N(C(=O)O)C(C)(C)C)C(C)(C)C)cc2)c(CN2CCC[C@H]2C(=O)N(C)C)s1. The van der Waals surface area contributed by atoms with Gasteiger partial charge in [-0.15, -0.1) is 11.3 Å². The first-order valence-electron chi connectivity index (χ1n) is 15.4. The number of likely N-dealkylation sites (N-methyl/N-ethyl adjacent to an activating group) is 1. The quantitative estimate of drug-likeness (QED) is 0.206. The molecule has 1 aliphatic heterocycles. The third kappa shape index (κ3) is 8.66. The lowest BCUT2D eigenvalue weighted by molar-refractivity contribution is -0.133. The number of hydrogen-bond acceptors (Lipinski definition) is 8. The van der Waals surface area contributed by atoms with Crippen LogP contribution < -0.4 is 16.0 Å². The third-order valence-electron chi connectivity index (χ3n) is 8.00. The summed E-state index contributed by atoms with van der Waals surface area (Å²) in [6, 6.07) is 7.24. The van der Waals surface area contributed by atoms with Crippen LogP contribution in [0.2, 0.25) is 0 Å². The van der Waals surface area contributed by atoms with E-state index in [1.54, 1.807) is 72.7 Å². The molecule has 46 heavy (non-hydrogen) atoms. The maximum Gasteiger partial charge on any atom is 0.411 e. The van der Waals surface area contributed by atoms with Crippen molar-refractivity contribution in [3.63, 3.8) is 0 Å². The van der Waals surface area contributed by atoms with Gasteiger partial charge in [0, 0.05) is 49.1 Å². The van der Waals surface area contributed by atoms with Crippen LogP contribution in [-0.2, 0) is 29.0 Å². The van der Waals surface area contributed by atoms with E-state index in [1.807, 2.05) is 12.1 Å². The molecule has 13 nitrogen and oxygen atoms in total. The van der Waals surface area contributed by atoms with Gasteiger partial charge in [0.25, 0.3) is 0 Å². The fourth-order valence-corrected chi connectivity index (χ4v) is 6.93. The third-order valence-corrected chi connectivity index (χ3v) is 9.00. The summed E-state index contributed by atoms with van der Waals surface area (Å²) in [5.74, 6) is -1.82. The van der Waals surface area contributed by atoms with Crippen LogP contribution in [0.1, 0.15) is 77.4 Å². The molecule has 3 rings (SSSR count). The minimum absolute atomic E-state index is 0.0855. The van der Waals surface area contributed by atoms with Gasteiger partial charge in [0.05, 0.1) is 11.7 Å². The van der Waals surface area contributed by atoms with Crippen molar-refractivity contribution in [1.29, 1.82) is 0 Å². The Morgan fingerprint density at radius 3 is 2.15 bits per heavy atom. The van der Waals surface area contributed by atoms with Gasteiger partial charge in [-0.1, -0.05) is 32.9 Å². The van der Waals surface area contributed by atoms with Gasteiger partial charge >= 0.3 is 12.2 Å². The fourth-order valence-electron chi connectivity index (χ4n) is 5.85. The maximum atomic E-state index is 12.8. The largest absolute Gasteiger partial charge is 0.465 e. The van der Waals surface area contributed by atoms with Gasteiger partial charge in [0.2, 0.25) is 17.6 Å². The van der Waals surface area contributed by atoms with E-state index in [2.05, 4.69) is 20.9 Å². The van der Waals surface area contributed by atoms with Crippen molar-refractivity contribution in [3.8, 4) is 0 Å². The molecule has 14 heteroatoms. The Morgan fingerprint density at radius 2 is 1.65 bits per heavy atom. The van der Waals surface area contributed by atoms with Gasteiger partial charge in [-0.25, -0.2) is 14.6 Å². The van der Waals surface area contributed by atoms with Crippen molar-refractivity contribution < 1.29 is 29.4 Å². The van der Waals surface area contributed by atoms with Crippen LogP contribution >= 0.6 is 11.3 Å². The van der Waals surface area contributed by atoms with E-state index in [0.29, 0.717) is 30.2 Å². The van der Waals surface area contributed by atoms with E-state index in [4.69, 9.17) is 4.98 Å². The molecule has 0 aliphatic carbocycles. The van der Waals surface area contributed by atoms with Gasteiger partial charge < -0.3 is 25.7 Å². The molecule has 0 bridgehead atoms. The summed E-state index contributed by atoms with van der Waals surface area (Å²) in [6.07, 6.45) is 0.348. The molecular formula is C32H49N7O6S. The molecule has 5 N–H and O–H groups in total. The maximum absolute atomic E-state index is 12.8. The minimum atomic E-state index is -1.71. The van der Waals surface area contributed by atoms with Crippen LogP contribution in [-0.4, -0.2) is 91.9 Å². The lowest BCUT2D eigenvalue weighted by Crippen LogP contribution is -2.76. The first-order chi connectivity index (χ1) is 21.2. The molecule has 2 heterocycles. The zero-order valence-corrected chi connectivity index (χ0v) is 29.2. The molecular weight excluding hydrogens is 610 g/mol. The van der Waals surface area contributed by atoms with Crippen molar-refractivity contribution in [3.05, 3.63) is 40.4 Å². The van der Waals surface area contributed by atoms with Crippen molar-refractivity contribution in [2.45, 2.75) is 98.1 Å². The number of nitrogens with one attached hydrogen (secondary N) is 3. The summed E-state index contributed by atoms with van der Waals surface area (Å²) in [5, 5.41) is 29.1. The number of aryl methyl sites for hydroxylation is 2. The monoisotopic (exact) mass is 659 g/mol. The average molecular weight is 660 g/mol. The lowest BCUT2D eigenvalue weighted by atomic mass is 9.82. The van der Waals surface area contributed by atoms with E-state index in [9.17, 15) is 29.4 Å². The second kappa shape index (κ2) is 14.2. The molecule has 0 spiro atoms. The molecule has 2 atom stereocenters. The highest BCUT2D eigenvalue weighted by molar-refractivity contribution is 7.15. The molecule has 254 valence electrons. The summed E-state index contributed by atoms with van der Waals surface area (Å²) in [4.78, 5) is 59.8. The first kappa shape index (κ1) is 36.6. The molecule has 1 aromatic carbocycles. The van der Waals surface area contributed by atoms with Crippen LogP contribution in [0.4, 0.5) is 20.4 Å². The highest BCUT2D eigenvalue weighted by Crippen LogP contribution is 2.39. The van der Waals surface area contributed by atoms with Crippen LogP contribution in [0.5, 0.6) is 0 Å². The topological polar surface area (TPSA) is 167 Å². The van der Waals surface area contributed by atoms with Gasteiger partial charge in [0.1, 0.15) is 0 Å². The Balaban J connectivity index is 1.86. The van der Waals surface area contributed by atoms with Crippen LogP contribution in [0.15, 0.2) is 24.3 Å². The van der Waals surface area contributed by atoms with Gasteiger partial charge in [-0.05, 0) is 70.7 Å². The van der Waals surface area contributed by atoms with E-state index in [0.717, 1.165) is 40.4 Å². The number of hydrogen-bond donors (Lipinski definition) is 5. The van der Waals surface area contributed by atoms with Crippen molar-refractivity contribution >= 4 is 46.2 Å². The molecule has 0 saturated carbocycles. The Bertz CT molecular complexity index is 1410. The molecule has 2 aromatic rings. The molecule has 1 saturated heterocycles. The number of anilines is 2. The molecule has 1 aliphatic rings. The number of nitrogens with zero attached hydrogens (tertiary/aromatic N) is 4. The summed E-state index contributed by atoms with van der Waals surface area (Å²) < 4.78 is 0. The van der Waals surface area contributed by atoms with Gasteiger partial charge in [0.15, 0.2) is 5.13 Å². The van der Waals surface area contributed by atoms with Gasteiger partial charge in [-0.2, -0.15) is 0 Å². The molecule has 1 unspecified atom stereocenters. The number of carbonyl (C=O) groups excluding carboxylic acids is 2. The lowest BCUT2D eigenvalue weighted by Gasteiger charge is -2.55. The summed E-state index contributed by atoms with van der Waals surface area (Å²) in [7, 11) is 3.54. The zero-order chi connectivity index (χ0) is 34.6. The van der Waals surface area contributed by atoms with Crippen LogP contribution in [0.3, 0.4) is 0 Å². The Morgan fingerprint density at radius 1 is 1.02 bits per heavy atom. The van der Waals surface area contributed by atoms with Crippen molar-refractivity contribution in [2.24, 2.45) is 5.41 Å². The standard InChI is InChI=1S/C32H49N7O6S/c1-20(40)33-27-34-23(25(46-27)19-38-18-10-11-24(38)26(41)37(8)9)17-14-21-12-15-22(16-13-21)35-32(30(2,3)4,36-28(42)43)39(29(44)45)31(5,6)7/h12-13,15-16,24,35-36H,10-11,14,17-19H2,1-9H3,(H,42,43)(H,44,45)(H,33,34,40)/t24-,32?/m0/s1. The van der Waals surface area contributed by atoms with Crippen LogP contribution in [0, 0.1) is 5.41 Å². The van der Waals surface area contributed by atoms with Gasteiger partial charge in [-0.3, -0.25) is 24.7 Å². The zero-order valence-electron chi connectivity index (χ0n) is 28.4. The van der Waals surface area contributed by atoms with E-state index < -0.39 is 28.9 Å². The Hall–Kier alpha value is -3.91. The number of likely N-dealkylation sites (tertiary alicyclic amines) is 1. The highest BCUT2D eigenvalue weighted by atomic mass is 32.1. The molecule has 0 radical (unpaired) electrons. The summed E-state index contributed by atoms with van der Waals surface area (Å²) in [6.45, 7) is 13.3. The summed E-state index contributed by atoms with van der Waals surface area (Å²) >= 11 is 1.43. The number of benzene rings is 1. The summed E-state index contributed by atoms with van der Waals surface area (Å²) in [5.41, 5.74) is 0.527. The number of aromatic nitrogens is 1. The number of thiazole rings is 1. The number of carboxylic acid groups (broad SMARTS) is 2. The first-order valence-corrected chi connectivity index (χ1v) is 16.2. The number of rotatable bonds is 11. The molecule has 1 aromatic heterocycles. The van der Waals surface area contributed by atoms with Crippen molar-refractivity contribution in [1.82, 2.24) is 25.0 Å². The fraction of sp³-hybridized carbons (Fsp3) is 0.594. The second-order valence-electron chi connectivity index (χ2n) is 13.9. The smallest absolute Gasteiger partial charge is 0.411 e. The average Bonchev–Trinajstić information content (AvgIpc) is 3.51. The minimum Gasteiger partial charge on any atom is -0.465 e. The van der Waals surface area contributed by atoms with Crippen molar-refractivity contribution in [2.75, 3.05) is 31.3 Å². The Kier molecular flexibility index (Phi) is 11.3. The number of amides is 4. The predicted octanol–water partition coefficient (Wildman–Crippen LogP) is 5.10. The number of carbonyl (C=O) groups is 4. The Labute approximate surface area is 275 Å². The predicted molar refractivity (Wildman–Crippen MR) is 179 cm³/mol. The molecule has 1 fully saturated rings. The normalized spacial score (nSPS) is 16.8. The van der Waals surface area contributed by atoms with E-state index >= 15 is 0 Å².